The Morgan fingerprint density at radius 3 is 2.81 bits per heavy atom. The van der Waals surface area contributed by atoms with Crippen LogP contribution >= 0.6 is 0 Å². The summed E-state index contributed by atoms with van der Waals surface area (Å²) in [5.74, 6) is 0.205. The predicted octanol–water partition coefficient (Wildman–Crippen LogP) is -0.613. The Hall–Kier alpha value is -0.650. The van der Waals surface area contributed by atoms with Crippen molar-refractivity contribution in [3.05, 3.63) is 0 Å². The molecule has 1 heterocycles. The maximum Gasteiger partial charge on any atom is 0.236 e. The van der Waals surface area contributed by atoms with Crippen molar-refractivity contribution in [3.8, 4) is 0 Å². The van der Waals surface area contributed by atoms with Crippen LogP contribution in [0.2, 0.25) is 0 Å². The molecular formula is C11H23N3O2. The van der Waals surface area contributed by atoms with Crippen LogP contribution in [-0.4, -0.2) is 75.7 Å². The predicted molar refractivity (Wildman–Crippen MR) is 63.4 cm³/mol. The third-order valence-electron chi connectivity index (χ3n) is 2.88. The van der Waals surface area contributed by atoms with Crippen molar-refractivity contribution in [1.82, 2.24) is 15.1 Å². The average Bonchev–Trinajstić information content (AvgIpc) is 2.52. The van der Waals surface area contributed by atoms with E-state index in [2.05, 4.69) is 10.2 Å². The Balaban J connectivity index is 2.31. The van der Waals surface area contributed by atoms with Crippen molar-refractivity contribution in [3.63, 3.8) is 0 Å². The molecule has 1 saturated heterocycles. The number of likely N-dealkylation sites (N-methyl/N-ethyl adjacent to an activating group) is 1. The summed E-state index contributed by atoms with van der Waals surface area (Å²) in [4.78, 5) is 16.0. The quantitative estimate of drug-likeness (QED) is 0.683. The van der Waals surface area contributed by atoms with Gasteiger partial charge in [-0.1, -0.05) is 0 Å². The van der Waals surface area contributed by atoms with Gasteiger partial charge in [0, 0.05) is 33.3 Å². The smallest absolute Gasteiger partial charge is 0.236 e. The second-order valence-corrected chi connectivity index (χ2v) is 4.10. The number of hydrogen-bond acceptors (Lipinski definition) is 4. The van der Waals surface area contributed by atoms with E-state index in [4.69, 9.17) is 4.74 Å². The molecule has 0 unspecified atom stereocenters. The van der Waals surface area contributed by atoms with Gasteiger partial charge in [0.1, 0.15) is 0 Å². The molecule has 5 nitrogen and oxygen atoms in total. The molecule has 0 bridgehead atoms. The molecule has 1 N–H and O–H groups in total. The lowest BCUT2D eigenvalue weighted by atomic mass is 10.3. The van der Waals surface area contributed by atoms with Crippen molar-refractivity contribution in [2.45, 2.75) is 6.42 Å². The maximum atomic E-state index is 11.7. The largest absolute Gasteiger partial charge is 0.383 e. The molecule has 1 fully saturated rings. The Morgan fingerprint density at radius 2 is 2.12 bits per heavy atom. The summed E-state index contributed by atoms with van der Waals surface area (Å²) in [5, 5.41) is 2.91. The highest BCUT2D eigenvalue weighted by atomic mass is 16.5. The van der Waals surface area contributed by atoms with E-state index in [-0.39, 0.29) is 5.91 Å². The zero-order valence-corrected chi connectivity index (χ0v) is 10.4. The topological polar surface area (TPSA) is 44.8 Å². The molecule has 0 spiro atoms. The first-order valence-electron chi connectivity index (χ1n) is 5.91. The zero-order chi connectivity index (χ0) is 11.8. The summed E-state index contributed by atoms with van der Waals surface area (Å²) in [6.07, 6.45) is 1.05. The van der Waals surface area contributed by atoms with Gasteiger partial charge in [0.2, 0.25) is 5.91 Å². The van der Waals surface area contributed by atoms with Gasteiger partial charge in [-0.05, 0) is 20.0 Å². The SMILES string of the molecule is CNCC(=O)N1CCCN(CCOC)CC1. The molecule has 0 saturated carbocycles. The van der Waals surface area contributed by atoms with Crippen molar-refractivity contribution in [2.75, 3.05) is 60.0 Å². The molecule has 1 aliphatic heterocycles. The first kappa shape index (κ1) is 13.4. The minimum atomic E-state index is 0.205. The highest BCUT2D eigenvalue weighted by molar-refractivity contribution is 5.78. The van der Waals surface area contributed by atoms with Gasteiger partial charge in [-0.3, -0.25) is 9.69 Å². The Labute approximate surface area is 97.7 Å². The van der Waals surface area contributed by atoms with Crippen LogP contribution in [0.1, 0.15) is 6.42 Å². The summed E-state index contributed by atoms with van der Waals surface area (Å²) in [7, 11) is 3.53. The average molecular weight is 229 g/mol. The number of nitrogens with zero attached hydrogens (tertiary/aromatic N) is 2. The molecule has 1 rings (SSSR count). The first-order chi connectivity index (χ1) is 7.77. The molecule has 1 aliphatic rings. The van der Waals surface area contributed by atoms with Gasteiger partial charge in [0.15, 0.2) is 0 Å². The van der Waals surface area contributed by atoms with Crippen LogP contribution < -0.4 is 5.32 Å². The van der Waals surface area contributed by atoms with Crippen molar-refractivity contribution < 1.29 is 9.53 Å². The number of methoxy groups -OCH3 is 1. The van der Waals surface area contributed by atoms with E-state index in [0.29, 0.717) is 6.54 Å². The van der Waals surface area contributed by atoms with E-state index >= 15 is 0 Å². The summed E-state index contributed by atoms with van der Waals surface area (Å²) in [5.41, 5.74) is 0. The Morgan fingerprint density at radius 1 is 1.31 bits per heavy atom. The first-order valence-corrected chi connectivity index (χ1v) is 5.91. The van der Waals surface area contributed by atoms with E-state index in [9.17, 15) is 4.79 Å². The van der Waals surface area contributed by atoms with Crippen LogP contribution in [0.3, 0.4) is 0 Å². The molecule has 16 heavy (non-hydrogen) atoms. The lowest BCUT2D eigenvalue weighted by Gasteiger charge is -2.21. The van der Waals surface area contributed by atoms with Gasteiger partial charge in [-0.2, -0.15) is 0 Å². The second-order valence-electron chi connectivity index (χ2n) is 4.10. The number of amides is 1. The highest BCUT2D eigenvalue weighted by Crippen LogP contribution is 2.02. The summed E-state index contributed by atoms with van der Waals surface area (Å²) in [6, 6.07) is 0. The Bertz CT molecular complexity index is 211. The third-order valence-corrected chi connectivity index (χ3v) is 2.88. The molecule has 0 aromatic carbocycles. The van der Waals surface area contributed by atoms with Crippen molar-refractivity contribution in [1.29, 1.82) is 0 Å². The molecular weight excluding hydrogens is 206 g/mol. The van der Waals surface area contributed by atoms with Crippen molar-refractivity contribution in [2.24, 2.45) is 0 Å². The summed E-state index contributed by atoms with van der Waals surface area (Å²) in [6.45, 7) is 5.91. The van der Waals surface area contributed by atoms with Crippen LogP contribution in [-0.2, 0) is 9.53 Å². The molecule has 0 aromatic rings. The zero-order valence-electron chi connectivity index (χ0n) is 10.4. The normalized spacial score (nSPS) is 18.5. The van der Waals surface area contributed by atoms with Crippen LogP contribution in [0, 0.1) is 0 Å². The third kappa shape index (κ3) is 4.47. The lowest BCUT2D eigenvalue weighted by molar-refractivity contribution is -0.130. The van der Waals surface area contributed by atoms with Crippen LogP contribution in [0.25, 0.3) is 0 Å². The summed E-state index contributed by atoms with van der Waals surface area (Å²) < 4.78 is 5.07. The van der Waals surface area contributed by atoms with Crippen molar-refractivity contribution >= 4 is 5.91 Å². The van der Waals surface area contributed by atoms with Gasteiger partial charge >= 0.3 is 0 Å². The Kier molecular flexibility index (Phi) is 6.37. The van der Waals surface area contributed by atoms with Gasteiger partial charge < -0.3 is 15.0 Å². The maximum absolute atomic E-state index is 11.7. The fraction of sp³-hybridized carbons (Fsp3) is 0.909. The number of hydrogen-bond donors (Lipinski definition) is 1. The van der Waals surface area contributed by atoms with Crippen LogP contribution in [0.15, 0.2) is 0 Å². The van der Waals surface area contributed by atoms with Gasteiger partial charge in [0.05, 0.1) is 13.2 Å². The fourth-order valence-corrected chi connectivity index (χ4v) is 1.93. The van der Waals surface area contributed by atoms with E-state index in [0.717, 1.165) is 45.8 Å². The molecule has 0 aliphatic carbocycles. The molecule has 0 aromatic heterocycles. The minimum Gasteiger partial charge on any atom is -0.383 e. The number of ether oxygens (including phenoxy) is 1. The van der Waals surface area contributed by atoms with Crippen LogP contribution in [0.4, 0.5) is 0 Å². The second kappa shape index (κ2) is 7.60. The standard InChI is InChI=1S/C11H23N3O2/c1-12-10-11(15)14-5-3-4-13(6-7-14)8-9-16-2/h12H,3-10H2,1-2H3. The van der Waals surface area contributed by atoms with Gasteiger partial charge in [0.25, 0.3) is 0 Å². The van der Waals surface area contributed by atoms with Gasteiger partial charge in [-0.25, -0.2) is 0 Å². The lowest BCUT2D eigenvalue weighted by Crippen LogP contribution is -2.39. The van der Waals surface area contributed by atoms with E-state index in [1.165, 1.54) is 0 Å². The number of carbonyl (C=O) groups is 1. The number of nitrogens with one attached hydrogen (secondary N) is 1. The number of rotatable bonds is 5. The molecule has 0 atom stereocenters. The summed E-state index contributed by atoms with van der Waals surface area (Å²) >= 11 is 0. The molecule has 0 radical (unpaired) electrons. The molecule has 5 heteroatoms. The van der Waals surface area contributed by atoms with Gasteiger partial charge in [-0.15, -0.1) is 0 Å². The minimum absolute atomic E-state index is 0.205. The van der Waals surface area contributed by atoms with Crippen LogP contribution in [0.5, 0.6) is 0 Å². The molecule has 1 amide bonds. The highest BCUT2D eigenvalue weighted by Gasteiger charge is 2.17. The van der Waals surface area contributed by atoms with E-state index < -0.39 is 0 Å². The monoisotopic (exact) mass is 229 g/mol. The fourth-order valence-electron chi connectivity index (χ4n) is 1.93. The molecule has 94 valence electrons. The van der Waals surface area contributed by atoms with E-state index in [1.807, 2.05) is 4.90 Å². The number of carbonyl (C=O) groups excluding carboxylic acids is 1. The van der Waals surface area contributed by atoms with E-state index in [1.54, 1.807) is 14.2 Å².